The fourth-order valence-electron chi connectivity index (χ4n) is 1.79. The second-order valence-corrected chi connectivity index (χ2v) is 6.24. The van der Waals surface area contributed by atoms with Crippen LogP contribution in [0, 0.1) is 0 Å². The summed E-state index contributed by atoms with van der Waals surface area (Å²) >= 11 is 2.46. The number of thiophene rings is 2. The minimum Gasteiger partial charge on any atom is -0.477 e. The van der Waals surface area contributed by atoms with Crippen molar-refractivity contribution in [1.29, 1.82) is 0 Å². The van der Waals surface area contributed by atoms with E-state index in [-0.39, 0.29) is 10.8 Å². The van der Waals surface area contributed by atoms with Gasteiger partial charge >= 0.3 is 5.97 Å². The number of aromatic carboxylic acids is 1. The molecule has 0 aliphatic carbocycles. The van der Waals surface area contributed by atoms with Gasteiger partial charge in [0.25, 0.3) is 5.91 Å². The minimum atomic E-state index is -0.989. The van der Waals surface area contributed by atoms with E-state index in [0.29, 0.717) is 9.88 Å². The molecule has 0 spiro atoms. The third-order valence-electron chi connectivity index (χ3n) is 2.70. The van der Waals surface area contributed by atoms with Gasteiger partial charge in [0.2, 0.25) is 0 Å². The molecule has 1 aromatic carbocycles. The van der Waals surface area contributed by atoms with Crippen LogP contribution in [-0.4, -0.2) is 17.0 Å². The van der Waals surface area contributed by atoms with Gasteiger partial charge in [-0.15, -0.1) is 22.7 Å². The smallest absolute Gasteiger partial charge is 0.345 e. The van der Waals surface area contributed by atoms with Gasteiger partial charge in [-0.05, 0) is 29.7 Å². The Kier molecular flexibility index (Phi) is 3.25. The Morgan fingerprint density at radius 1 is 1.00 bits per heavy atom. The Morgan fingerprint density at radius 2 is 1.80 bits per heavy atom. The van der Waals surface area contributed by atoms with Gasteiger partial charge in [-0.3, -0.25) is 4.79 Å². The second kappa shape index (κ2) is 5.07. The SMILES string of the molecule is O=C(O)c1ccc(NC(=O)c2cc3ccccc3s2)s1. The van der Waals surface area contributed by atoms with Crippen molar-refractivity contribution in [2.45, 2.75) is 0 Å². The Balaban J connectivity index is 1.83. The highest BCUT2D eigenvalue weighted by Crippen LogP contribution is 2.27. The van der Waals surface area contributed by atoms with Crippen LogP contribution in [0.2, 0.25) is 0 Å². The zero-order chi connectivity index (χ0) is 14.1. The maximum absolute atomic E-state index is 12.1. The summed E-state index contributed by atoms with van der Waals surface area (Å²) in [5, 5.41) is 13.1. The lowest BCUT2D eigenvalue weighted by molar-refractivity contribution is 0.0702. The normalized spacial score (nSPS) is 10.6. The fourth-order valence-corrected chi connectivity index (χ4v) is 3.49. The number of hydrogen-bond acceptors (Lipinski definition) is 4. The van der Waals surface area contributed by atoms with Crippen LogP contribution < -0.4 is 5.32 Å². The molecule has 6 heteroatoms. The summed E-state index contributed by atoms with van der Waals surface area (Å²) in [6.45, 7) is 0. The van der Waals surface area contributed by atoms with Gasteiger partial charge < -0.3 is 10.4 Å². The molecule has 0 unspecified atom stereocenters. The highest BCUT2D eigenvalue weighted by atomic mass is 32.1. The molecule has 20 heavy (non-hydrogen) atoms. The van der Waals surface area contributed by atoms with Crippen LogP contribution in [0.25, 0.3) is 10.1 Å². The number of benzene rings is 1. The molecule has 0 saturated heterocycles. The maximum atomic E-state index is 12.1. The standard InChI is InChI=1S/C14H9NO3S2/c16-13(15-12-6-5-10(20-12)14(17)18)11-7-8-3-1-2-4-9(8)19-11/h1-7H,(H,15,16)(H,17,18). The molecule has 1 amide bonds. The number of rotatable bonds is 3. The molecule has 4 nitrogen and oxygen atoms in total. The van der Waals surface area contributed by atoms with Gasteiger partial charge in [0, 0.05) is 4.70 Å². The molecule has 3 aromatic rings. The largest absolute Gasteiger partial charge is 0.477 e. The first-order valence-electron chi connectivity index (χ1n) is 5.76. The quantitative estimate of drug-likeness (QED) is 0.771. The van der Waals surface area contributed by atoms with E-state index < -0.39 is 5.97 Å². The number of nitrogens with one attached hydrogen (secondary N) is 1. The third-order valence-corrected chi connectivity index (χ3v) is 4.81. The van der Waals surface area contributed by atoms with Crippen LogP contribution in [0.1, 0.15) is 19.3 Å². The van der Waals surface area contributed by atoms with Gasteiger partial charge in [0.1, 0.15) is 4.88 Å². The Morgan fingerprint density at radius 3 is 2.50 bits per heavy atom. The molecule has 0 aliphatic heterocycles. The van der Waals surface area contributed by atoms with Crippen molar-refractivity contribution in [3.8, 4) is 0 Å². The fraction of sp³-hybridized carbons (Fsp3) is 0. The first-order valence-corrected chi connectivity index (χ1v) is 7.40. The molecule has 0 fully saturated rings. The van der Waals surface area contributed by atoms with E-state index in [2.05, 4.69) is 5.32 Å². The van der Waals surface area contributed by atoms with Crippen LogP contribution in [0.4, 0.5) is 5.00 Å². The number of carboxylic acid groups (broad SMARTS) is 1. The molecule has 100 valence electrons. The average Bonchev–Trinajstić information content (AvgIpc) is 3.04. The van der Waals surface area contributed by atoms with Gasteiger partial charge in [-0.25, -0.2) is 4.79 Å². The second-order valence-electron chi connectivity index (χ2n) is 4.07. The average molecular weight is 303 g/mol. The predicted molar refractivity (Wildman–Crippen MR) is 81.1 cm³/mol. The summed E-state index contributed by atoms with van der Waals surface area (Å²) < 4.78 is 1.05. The van der Waals surface area contributed by atoms with E-state index in [1.807, 2.05) is 30.3 Å². The van der Waals surface area contributed by atoms with Crippen molar-refractivity contribution in [3.63, 3.8) is 0 Å². The van der Waals surface area contributed by atoms with Gasteiger partial charge in [0.05, 0.1) is 9.88 Å². The van der Waals surface area contributed by atoms with Crippen LogP contribution in [0.3, 0.4) is 0 Å². The molecule has 2 aromatic heterocycles. The number of hydrogen-bond donors (Lipinski definition) is 2. The van der Waals surface area contributed by atoms with Crippen molar-refractivity contribution in [3.05, 3.63) is 52.2 Å². The highest BCUT2D eigenvalue weighted by Gasteiger charge is 2.13. The zero-order valence-corrected chi connectivity index (χ0v) is 11.8. The number of carbonyl (C=O) groups excluding carboxylic acids is 1. The number of fused-ring (bicyclic) bond motifs is 1. The predicted octanol–water partition coefficient (Wildman–Crippen LogP) is 3.91. The van der Waals surface area contributed by atoms with Crippen molar-refractivity contribution in [2.75, 3.05) is 5.32 Å². The lowest BCUT2D eigenvalue weighted by Crippen LogP contribution is -2.08. The molecule has 2 N–H and O–H groups in total. The summed E-state index contributed by atoms with van der Waals surface area (Å²) in [4.78, 5) is 23.7. The van der Waals surface area contributed by atoms with Crippen molar-refractivity contribution in [2.24, 2.45) is 0 Å². The lowest BCUT2D eigenvalue weighted by atomic mass is 10.2. The van der Waals surface area contributed by atoms with Gasteiger partial charge in [-0.2, -0.15) is 0 Å². The molecular weight excluding hydrogens is 294 g/mol. The number of anilines is 1. The van der Waals surface area contributed by atoms with E-state index in [1.54, 1.807) is 6.07 Å². The van der Waals surface area contributed by atoms with E-state index >= 15 is 0 Å². The molecule has 0 bridgehead atoms. The van der Waals surface area contributed by atoms with Crippen LogP contribution in [0.15, 0.2) is 42.5 Å². The number of carbonyl (C=O) groups is 2. The van der Waals surface area contributed by atoms with Crippen molar-refractivity contribution >= 4 is 49.6 Å². The Bertz CT molecular complexity index is 770. The first-order chi connectivity index (χ1) is 9.63. The summed E-state index contributed by atoms with van der Waals surface area (Å²) in [6.07, 6.45) is 0. The zero-order valence-electron chi connectivity index (χ0n) is 10.1. The van der Waals surface area contributed by atoms with E-state index in [0.717, 1.165) is 21.4 Å². The molecule has 0 saturated carbocycles. The van der Waals surface area contributed by atoms with E-state index in [1.165, 1.54) is 17.4 Å². The summed E-state index contributed by atoms with van der Waals surface area (Å²) in [6, 6.07) is 12.7. The van der Waals surface area contributed by atoms with Gasteiger partial charge in [0.15, 0.2) is 0 Å². The van der Waals surface area contributed by atoms with Gasteiger partial charge in [-0.1, -0.05) is 18.2 Å². The maximum Gasteiger partial charge on any atom is 0.345 e. The summed E-state index contributed by atoms with van der Waals surface area (Å²) in [5.41, 5.74) is 0. The molecule has 2 heterocycles. The number of carboxylic acids is 1. The van der Waals surface area contributed by atoms with Crippen LogP contribution >= 0.6 is 22.7 Å². The molecular formula is C14H9NO3S2. The Labute approximate surface area is 122 Å². The van der Waals surface area contributed by atoms with Crippen molar-refractivity contribution in [1.82, 2.24) is 0 Å². The molecule has 3 rings (SSSR count). The number of amides is 1. The molecule has 0 aliphatic rings. The molecule has 0 atom stereocenters. The third kappa shape index (κ3) is 2.43. The lowest BCUT2D eigenvalue weighted by Gasteiger charge is -1.98. The monoisotopic (exact) mass is 303 g/mol. The Hall–Kier alpha value is -2.18. The summed E-state index contributed by atoms with van der Waals surface area (Å²) in [5.74, 6) is -1.21. The molecule has 0 radical (unpaired) electrons. The van der Waals surface area contributed by atoms with Crippen LogP contribution in [0.5, 0.6) is 0 Å². The minimum absolute atomic E-state index is 0.205. The van der Waals surface area contributed by atoms with Crippen LogP contribution in [-0.2, 0) is 0 Å². The van der Waals surface area contributed by atoms with E-state index in [9.17, 15) is 9.59 Å². The summed E-state index contributed by atoms with van der Waals surface area (Å²) in [7, 11) is 0. The van der Waals surface area contributed by atoms with E-state index in [4.69, 9.17) is 5.11 Å². The highest BCUT2D eigenvalue weighted by molar-refractivity contribution is 7.21. The van der Waals surface area contributed by atoms with Crippen molar-refractivity contribution < 1.29 is 14.7 Å². The topological polar surface area (TPSA) is 66.4 Å². The first kappa shape index (κ1) is 12.8.